The van der Waals surface area contributed by atoms with Crippen molar-refractivity contribution < 1.29 is 13.9 Å². The third kappa shape index (κ3) is 4.72. The van der Waals surface area contributed by atoms with Gasteiger partial charge in [-0.15, -0.1) is 0 Å². The van der Waals surface area contributed by atoms with Crippen molar-refractivity contribution in [2.24, 2.45) is 0 Å². The van der Waals surface area contributed by atoms with Gasteiger partial charge in [-0.05, 0) is 50.6 Å². The van der Waals surface area contributed by atoms with Crippen molar-refractivity contribution in [2.45, 2.75) is 51.0 Å². The summed E-state index contributed by atoms with van der Waals surface area (Å²) < 4.78 is 19.5. The normalized spacial score (nSPS) is 18.7. The molecule has 0 saturated carbocycles. The van der Waals surface area contributed by atoms with Crippen LogP contribution in [0.25, 0.3) is 11.0 Å². The van der Waals surface area contributed by atoms with Gasteiger partial charge in [0.1, 0.15) is 18.0 Å². The van der Waals surface area contributed by atoms with Crippen molar-refractivity contribution in [2.75, 3.05) is 19.7 Å². The molecule has 2 aliphatic heterocycles. The molecular formula is C28H29N5O3. The summed E-state index contributed by atoms with van der Waals surface area (Å²) in [4.78, 5) is 11.9. The first-order valence-electron chi connectivity index (χ1n) is 12.6. The van der Waals surface area contributed by atoms with Crippen LogP contribution in [-0.2, 0) is 24.4 Å². The molecule has 5 heterocycles. The van der Waals surface area contributed by atoms with E-state index < -0.39 is 0 Å². The van der Waals surface area contributed by atoms with E-state index >= 15 is 0 Å². The lowest BCUT2D eigenvalue weighted by Crippen LogP contribution is -2.35. The first-order valence-corrected chi connectivity index (χ1v) is 12.6. The maximum atomic E-state index is 9.30. The van der Waals surface area contributed by atoms with Crippen LogP contribution in [0.1, 0.15) is 47.8 Å². The number of hydrogen-bond donors (Lipinski definition) is 0. The molecule has 4 aromatic rings. The van der Waals surface area contributed by atoms with Crippen LogP contribution >= 0.6 is 0 Å². The standard InChI is InChI=1S/C28H29N5O3/c29-16-21-4-5-22(28-24(21)9-15-35-28)19-36-27-3-1-2-25(31-27)20-6-11-32(12-7-20)18-26-30-10-13-33(26)17-23-8-14-34-23/h1-5,9-10,13,15,20,23H,6-8,11-12,14,17-19H2/t23-/m0/s1. The summed E-state index contributed by atoms with van der Waals surface area (Å²) in [5, 5.41) is 10.1. The van der Waals surface area contributed by atoms with E-state index in [9.17, 15) is 5.26 Å². The summed E-state index contributed by atoms with van der Waals surface area (Å²) in [5.74, 6) is 2.14. The quantitative estimate of drug-likeness (QED) is 0.361. The van der Waals surface area contributed by atoms with Gasteiger partial charge >= 0.3 is 0 Å². The lowest BCUT2D eigenvalue weighted by atomic mass is 9.93. The van der Waals surface area contributed by atoms with Gasteiger partial charge in [-0.25, -0.2) is 9.97 Å². The zero-order valence-electron chi connectivity index (χ0n) is 20.2. The molecule has 0 radical (unpaired) electrons. The Labute approximate surface area is 210 Å². The first-order chi connectivity index (χ1) is 17.8. The fourth-order valence-electron chi connectivity index (χ4n) is 5.11. The highest BCUT2D eigenvalue weighted by Crippen LogP contribution is 2.29. The zero-order valence-corrected chi connectivity index (χ0v) is 20.2. The van der Waals surface area contributed by atoms with Gasteiger partial charge in [0.2, 0.25) is 5.88 Å². The van der Waals surface area contributed by atoms with Gasteiger partial charge < -0.3 is 18.5 Å². The molecule has 36 heavy (non-hydrogen) atoms. The second kappa shape index (κ2) is 10.1. The molecule has 0 amide bonds. The molecule has 2 fully saturated rings. The van der Waals surface area contributed by atoms with E-state index in [1.54, 1.807) is 6.26 Å². The molecule has 0 aliphatic carbocycles. The summed E-state index contributed by atoms with van der Waals surface area (Å²) >= 11 is 0. The monoisotopic (exact) mass is 483 g/mol. The average Bonchev–Trinajstić information content (AvgIpc) is 3.55. The maximum absolute atomic E-state index is 9.30. The molecule has 2 saturated heterocycles. The van der Waals surface area contributed by atoms with Gasteiger partial charge in [-0.2, -0.15) is 5.26 Å². The Kier molecular flexibility index (Phi) is 6.41. The van der Waals surface area contributed by atoms with Gasteiger partial charge in [-0.1, -0.05) is 12.1 Å². The second-order valence-electron chi connectivity index (χ2n) is 9.56. The molecule has 6 rings (SSSR count). The van der Waals surface area contributed by atoms with E-state index in [-0.39, 0.29) is 0 Å². The average molecular weight is 484 g/mol. The Morgan fingerprint density at radius 2 is 2.00 bits per heavy atom. The Bertz CT molecular complexity index is 1380. The first kappa shape index (κ1) is 22.8. The topological polar surface area (TPSA) is 89.3 Å². The van der Waals surface area contributed by atoms with Crippen LogP contribution in [0.2, 0.25) is 0 Å². The zero-order chi connectivity index (χ0) is 24.3. The number of nitrogens with zero attached hydrogens (tertiary/aromatic N) is 5. The smallest absolute Gasteiger partial charge is 0.213 e. The Morgan fingerprint density at radius 1 is 1.11 bits per heavy atom. The minimum absolute atomic E-state index is 0.336. The maximum Gasteiger partial charge on any atom is 0.213 e. The molecule has 0 unspecified atom stereocenters. The Morgan fingerprint density at radius 3 is 2.81 bits per heavy atom. The van der Waals surface area contributed by atoms with Crippen LogP contribution < -0.4 is 4.74 Å². The van der Waals surface area contributed by atoms with Crippen molar-refractivity contribution in [1.29, 1.82) is 5.26 Å². The third-order valence-electron chi connectivity index (χ3n) is 7.31. The van der Waals surface area contributed by atoms with E-state index in [0.717, 1.165) is 74.5 Å². The van der Waals surface area contributed by atoms with Gasteiger partial charge in [0, 0.05) is 47.6 Å². The van der Waals surface area contributed by atoms with E-state index in [1.807, 2.05) is 36.5 Å². The molecule has 1 atom stereocenters. The highest BCUT2D eigenvalue weighted by atomic mass is 16.5. The number of nitriles is 1. The molecule has 0 bridgehead atoms. The number of aromatic nitrogens is 3. The number of hydrogen-bond acceptors (Lipinski definition) is 7. The van der Waals surface area contributed by atoms with Crippen LogP contribution in [-0.4, -0.2) is 45.2 Å². The number of ether oxygens (including phenoxy) is 2. The molecule has 3 aromatic heterocycles. The summed E-state index contributed by atoms with van der Waals surface area (Å²) in [7, 11) is 0. The summed E-state index contributed by atoms with van der Waals surface area (Å²) in [5.41, 5.74) is 3.28. The van der Waals surface area contributed by atoms with Crippen molar-refractivity contribution in [3.8, 4) is 11.9 Å². The largest absolute Gasteiger partial charge is 0.473 e. The second-order valence-corrected chi connectivity index (χ2v) is 9.56. The van der Waals surface area contributed by atoms with Crippen LogP contribution in [0.5, 0.6) is 5.88 Å². The van der Waals surface area contributed by atoms with E-state index in [1.165, 1.54) is 0 Å². The molecule has 1 aromatic carbocycles. The molecular weight excluding hydrogens is 454 g/mol. The molecule has 184 valence electrons. The van der Waals surface area contributed by atoms with Crippen LogP contribution in [0.3, 0.4) is 0 Å². The van der Waals surface area contributed by atoms with Crippen LogP contribution in [0.4, 0.5) is 0 Å². The van der Waals surface area contributed by atoms with E-state index in [2.05, 4.69) is 32.8 Å². The van der Waals surface area contributed by atoms with E-state index in [4.69, 9.17) is 18.9 Å². The predicted octanol–water partition coefficient (Wildman–Crippen LogP) is 4.64. The third-order valence-corrected chi connectivity index (χ3v) is 7.31. The van der Waals surface area contributed by atoms with Gasteiger partial charge in [0.15, 0.2) is 0 Å². The van der Waals surface area contributed by atoms with E-state index in [0.29, 0.717) is 35.7 Å². The molecule has 8 nitrogen and oxygen atoms in total. The number of fused-ring (bicyclic) bond motifs is 1. The van der Waals surface area contributed by atoms with Gasteiger partial charge in [-0.3, -0.25) is 4.90 Å². The number of benzene rings is 1. The van der Waals surface area contributed by atoms with Crippen molar-refractivity contribution in [3.05, 3.63) is 77.7 Å². The molecule has 8 heteroatoms. The highest BCUT2D eigenvalue weighted by molar-refractivity contribution is 5.86. The van der Waals surface area contributed by atoms with Gasteiger partial charge in [0.05, 0.1) is 37.1 Å². The number of piperidine rings is 1. The number of pyridine rings is 1. The Hall–Kier alpha value is -3.67. The number of rotatable bonds is 8. The number of imidazole rings is 1. The fraction of sp³-hybridized carbons (Fsp3) is 0.393. The summed E-state index contributed by atoms with van der Waals surface area (Å²) in [6, 6.07) is 13.7. The molecule has 2 aliphatic rings. The van der Waals surface area contributed by atoms with Crippen LogP contribution in [0.15, 0.2) is 59.5 Å². The van der Waals surface area contributed by atoms with Crippen molar-refractivity contribution >= 4 is 11.0 Å². The predicted molar refractivity (Wildman–Crippen MR) is 133 cm³/mol. The van der Waals surface area contributed by atoms with Crippen LogP contribution in [0, 0.1) is 11.3 Å². The summed E-state index contributed by atoms with van der Waals surface area (Å²) in [6.07, 6.45) is 9.16. The lowest BCUT2D eigenvalue weighted by molar-refractivity contribution is -0.0598. The minimum atomic E-state index is 0.336. The Balaban J connectivity index is 1.05. The number of furan rings is 1. The van der Waals surface area contributed by atoms with Gasteiger partial charge in [0.25, 0.3) is 0 Å². The highest BCUT2D eigenvalue weighted by Gasteiger charge is 2.24. The van der Waals surface area contributed by atoms with Crippen molar-refractivity contribution in [1.82, 2.24) is 19.4 Å². The molecule has 0 spiro atoms. The fourth-order valence-corrected chi connectivity index (χ4v) is 5.11. The SMILES string of the molecule is N#Cc1ccc(COc2cccc(C3CCN(Cc4nccn4C[C@@H]4CCO4)CC3)n2)c2occc12. The lowest BCUT2D eigenvalue weighted by Gasteiger charge is -2.32. The minimum Gasteiger partial charge on any atom is -0.473 e. The van der Waals surface area contributed by atoms with Crippen molar-refractivity contribution in [3.63, 3.8) is 0 Å². The molecule has 0 N–H and O–H groups in total. The summed E-state index contributed by atoms with van der Waals surface area (Å²) in [6.45, 7) is 5.03. The number of likely N-dealkylation sites (tertiary alicyclic amines) is 1.